The molecule has 0 saturated carbocycles. The van der Waals surface area contributed by atoms with Gasteiger partial charge in [-0.3, -0.25) is 14.4 Å². The van der Waals surface area contributed by atoms with Crippen molar-refractivity contribution in [1.82, 2.24) is 15.1 Å². The lowest BCUT2D eigenvalue weighted by molar-refractivity contribution is -0.146. The molecule has 1 N–H and O–H groups in total. The van der Waals surface area contributed by atoms with E-state index in [1.54, 1.807) is 9.80 Å². The van der Waals surface area contributed by atoms with E-state index in [0.717, 1.165) is 44.9 Å². The Labute approximate surface area is 228 Å². The van der Waals surface area contributed by atoms with Gasteiger partial charge in [-0.25, -0.2) is 4.79 Å². The standard InChI is InChI=1S/C29H47N3O6/c1-6-8-9-19-37-27(35)23(7-2)20-30-26(34)24-11-10-16-32(21-24)25(33)13-12-22-14-17-31(18-15-22)28(36)38-29(3,4)5/h2,22-24H,6,8-21H2,1,3-5H3,(H,30,34)/t23-,24+/m0/s1. The SMILES string of the molecule is C#C[C@@H](CNC(=O)[C@@H]1CCCN(C(=O)CCC2CCN(C(=O)OC(C)(C)C)CC2)C1)C(=O)OCCCCC. The van der Waals surface area contributed by atoms with Crippen molar-refractivity contribution in [3.8, 4) is 12.3 Å². The monoisotopic (exact) mass is 533 g/mol. The average molecular weight is 534 g/mol. The van der Waals surface area contributed by atoms with E-state index < -0.39 is 17.5 Å². The van der Waals surface area contributed by atoms with Crippen molar-refractivity contribution in [1.29, 1.82) is 0 Å². The number of nitrogens with zero attached hydrogens (tertiary/aromatic N) is 2. The van der Waals surface area contributed by atoms with Crippen molar-refractivity contribution in [3.05, 3.63) is 0 Å². The first-order valence-corrected chi connectivity index (χ1v) is 14.2. The Morgan fingerprint density at radius 1 is 1.05 bits per heavy atom. The predicted octanol–water partition coefficient (Wildman–Crippen LogP) is 3.75. The van der Waals surface area contributed by atoms with Gasteiger partial charge in [0.1, 0.15) is 11.5 Å². The molecule has 0 aromatic carbocycles. The van der Waals surface area contributed by atoms with Gasteiger partial charge in [-0.15, -0.1) is 6.42 Å². The summed E-state index contributed by atoms with van der Waals surface area (Å²) in [4.78, 5) is 53.6. The molecule has 2 saturated heterocycles. The van der Waals surface area contributed by atoms with Crippen LogP contribution in [-0.2, 0) is 23.9 Å². The number of piperidine rings is 2. The molecule has 0 aromatic heterocycles. The molecule has 2 heterocycles. The van der Waals surface area contributed by atoms with Crippen molar-refractivity contribution >= 4 is 23.9 Å². The average Bonchev–Trinajstić information content (AvgIpc) is 2.89. The van der Waals surface area contributed by atoms with Crippen LogP contribution in [0.25, 0.3) is 0 Å². The molecule has 0 unspecified atom stereocenters. The van der Waals surface area contributed by atoms with E-state index in [0.29, 0.717) is 51.5 Å². The van der Waals surface area contributed by atoms with Crippen molar-refractivity contribution in [2.45, 2.75) is 91.1 Å². The van der Waals surface area contributed by atoms with Crippen LogP contribution < -0.4 is 5.32 Å². The minimum absolute atomic E-state index is 0.0361. The number of carbonyl (C=O) groups is 4. The Hall–Kier alpha value is -2.76. The van der Waals surface area contributed by atoms with Crippen LogP contribution >= 0.6 is 0 Å². The number of ether oxygens (including phenoxy) is 2. The molecule has 0 bridgehead atoms. The Morgan fingerprint density at radius 3 is 2.39 bits per heavy atom. The molecule has 2 fully saturated rings. The van der Waals surface area contributed by atoms with Crippen LogP contribution in [0, 0.1) is 30.1 Å². The quantitative estimate of drug-likeness (QED) is 0.246. The lowest BCUT2D eigenvalue weighted by atomic mass is 9.91. The van der Waals surface area contributed by atoms with Crippen LogP contribution in [0.4, 0.5) is 4.79 Å². The molecule has 0 aliphatic carbocycles. The summed E-state index contributed by atoms with van der Waals surface area (Å²) in [7, 11) is 0. The lowest BCUT2D eigenvalue weighted by Gasteiger charge is -2.34. The minimum Gasteiger partial charge on any atom is -0.465 e. The first-order chi connectivity index (χ1) is 18.0. The first kappa shape index (κ1) is 31.5. The summed E-state index contributed by atoms with van der Waals surface area (Å²) in [6, 6.07) is 0. The molecular formula is C29H47N3O6. The number of likely N-dealkylation sites (tertiary alicyclic amines) is 2. The van der Waals surface area contributed by atoms with E-state index in [4.69, 9.17) is 15.9 Å². The molecule has 0 aromatic rings. The molecule has 2 aliphatic rings. The Balaban J connectivity index is 1.71. The number of esters is 1. The fourth-order valence-corrected chi connectivity index (χ4v) is 4.82. The van der Waals surface area contributed by atoms with Crippen LogP contribution in [0.2, 0.25) is 0 Å². The van der Waals surface area contributed by atoms with Gasteiger partial charge in [-0.05, 0) is 65.2 Å². The Morgan fingerprint density at radius 2 is 1.76 bits per heavy atom. The lowest BCUT2D eigenvalue weighted by Crippen LogP contribution is -2.46. The number of nitrogens with one attached hydrogen (secondary N) is 1. The van der Waals surface area contributed by atoms with Crippen LogP contribution in [0.5, 0.6) is 0 Å². The van der Waals surface area contributed by atoms with Gasteiger partial charge in [0.15, 0.2) is 0 Å². The van der Waals surface area contributed by atoms with Crippen LogP contribution in [0.3, 0.4) is 0 Å². The Bertz CT molecular complexity index is 838. The van der Waals surface area contributed by atoms with Gasteiger partial charge in [-0.2, -0.15) is 0 Å². The molecule has 0 radical (unpaired) electrons. The molecule has 38 heavy (non-hydrogen) atoms. The first-order valence-electron chi connectivity index (χ1n) is 14.2. The van der Waals surface area contributed by atoms with E-state index in [2.05, 4.69) is 18.2 Å². The highest BCUT2D eigenvalue weighted by atomic mass is 16.6. The second-order valence-electron chi connectivity index (χ2n) is 11.5. The van der Waals surface area contributed by atoms with Crippen molar-refractivity contribution < 1.29 is 28.7 Å². The van der Waals surface area contributed by atoms with Crippen molar-refractivity contribution in [3.63, 3.8) is 0 Å². The maximum atomic E-state index is 12.9. The van der Waals surface area contributed by atoms with E-state index in [9.17, 15) is 19.2 Å². The van der Waals surface area contributed by atoms with E-state index in [-0.39, 0.29) is 30.4 Å². The number of carbonyl (C=O) groups excluding carboxylic acids is 4. The third kappa shape index (κ3) is 10.9. The summed E-state index contributed by atoms with van der Waals surface area (Å²) in [6.07, 6.45) is 12.4. The summed E-state index contributed by atoms with van der Waals surface area (Å²) in [5, 5.41) is 2.79. The number of amides is 3. The normalized spacial score (nSPS) is 19.3. The zero-order valence-electron chi connectivity index (χ0n) is 23.8. The second-order valence-corrected chi connectivity index (χ2v) is 11.5. The minimum atomic E-state index is -0.816. The highest BCUT2D eigenvalue weighted by molar-refractivity contribution is 5.82. The molecule has 2 aliphatic heterocycles. The Kier molecular flexibility index (Phi) is 12.9. The van der Waals surface area contributed by atoms with Crippen LogP contribution in [-0.4, -0.2) is 78.6 Å². The van der Waals surface area contributed by atoms with E-state index in [1.807, 2.05) is 20.8 Å². The summed E-state index contributed by atoms with van der Waals surface area (Å²) in [5.41, 5.74) is -0.508. The van der Waals surface area contributed by atoms with Gasteiger partial charge < -0.3 is 24.6 Å². The highest BCUT2D eigenvalue weighted by Gasteiger charge is 2.31. The van der Waals surface area contributed by atoms with Gasteiger partial charge in [0.25, 0.3) is 0 Å². The van der Waals surface area contributed by atoms with Gasteiger partial charge >= 0.3 is 12.1 Å². The maximum Gasteiger partial charge on any atom is 0.410 e. The molecule has 0 spiro atoms. The second kappa shape index (κ2) is 15.6. The topological polar surface area (TPSA) is 105 Å². The van der Waals surface area contributed by atoms with Crippen molar-refractivity contribution in [2.24, 2.45) is 17.8 Å². The van der Waals surface area contributed by atoms with Crippen molar-refractivity contribution in [2.75, 3.05) is 39.3 Å². The van der Waals surface area contributed by atoms with Gasteiger partial charge in [0.05, 0.1) is 12.5 Å². The summed E-state index contributed by atoms with van der Waals surface area (Å²) < 4.78 is 10.7. The fourth-order valence-electron chi connectivity index (χ4n) is 4.82. The number of terminal acetylenes is 1. The number of hydrogen-bond donors (Lipinski definition) is 1. The number of unbranched alkanes of at least 4 members (excludes halogenated alkanes) is 2. The fraction of sp³-hybridized carbons (Fsp3) is 0.793. The van der Waals surface area contributed by atoms with Gasteiger partial charge in [-0.1, -0.05) is 25.7 Å². The zero-order valence-corrected chi connectivity index (χ0v) is 23.8. The van der Waals surface area contributed by atoms with Gasteiger partial charge in [0, 0.05) is 39.1 Å². The number of rotatable bonds is 11. The largest absolute Gasteiger partial charge is 0.465 e. The van der Waals surface area contributed by atoms with Gasteiger partial charge in [0.2, 0.25) is 11.8 Å². The van der Waals surface area contributed by atoms with Crippen LogP contribution in [0.15, 0.2) is 0 Å². The molecule has 2 rings (SSSR count). The smallest absolute Gasteiger partial charge is 0.410 e. The third-order valence-electron chi connectivity index (χ3n) is 7.14. The van der Waals surface area contributed by atoms with E-state index in [1.165, 1.54) is 0 Å². The predicted molar refractivity (Wildman–Crippen MR) is 145 cm³/mol. The summed E-state index contributed by atoms with van der Waals surface area (Å²) in [5.74, 6) is 1.07. The number of hydrogen-bond acceptors (Lipinski definition) is 6. The molecule has 214 valence electrons. The maximum absolute atomic E-state index is 12.9. The van der Waals surface area contributed by atoms with E-state index >= 15 is 0 Å². The molecule has 2 atom stereocenters. The molecule has 9 nitrogen and oxygen atoms in total. The third-order valence-corrected chi connectivity index (χ3v) is 7.14. The molecule has 3 amide bonds. The zero-order chi connectivity index (χ0) is 28.1. The molecule has 9 heteroatoms. The van der Waals surface area contributed by atoms with Crippen LogP contribution in [0.1, 0.15) is 85.5 Å². The highest BCUT2D eigenvalue weighted by Crippen LogP contribution is 2.25. The molecular weight excluding hydrogens is 486 g/mol. The summed E-state index contributed by atoms with van der Waals surface area (Å²) in [6.45, 7) is 10.3. The summed E-state index contributed by atoms with van der Waals surface area (Å²) >= 11 is 0.